The fourth-order valence-electron chi connectivity index (χ4n) is 3.23. The molecule has 2 heterocycles. The Morgan fingerprint density at radius 3 is 2.72 bits per heavy atom. The van der Waals surface area contributed by atoms with Crippen LogP contribution in [0.25, 0.3) is 0 Å². The van der Waals surface area contributed by atoms with E-state index in [-0.39, 0.29) is 12.3 Å². The second-order valence-electron chi connectivity index (χ2n) is 6.68. The lowest BCUT2D eigenvalue weighted by Crippen LogP contribution is -2.45. The molecule has 7 nitrogen and oxygen atoms in total. The Morgan fingerprint density at radius 2 is 2.00 bits per heavy atom. The summed E-state index contributed by atoms with van der Waals surface area (Å²) >= 11 is 0. The van der Waals surface area contributed by atoms with Crippen molar-refractivity contribution in [2.45, 2.75) is 31.6 Å². The molecule has 2 aliphatic heterocycles. The molecule has 2 N–H and O–H groups in total. The molecule has 3 rings (SSSR count). The molecule has 0 bridgehead atoms. The molecule has 2 unspecified atom stereocenters. The number of rotatable bonds is 4. The van der Waals surface area contributed by atoms with Crippen LogP contribution in [-0.4, -0.2) is 62.8 Å². The summed E-state index contributed by atoms with van der Waals surface area (Å²) in [5.74, 6) is -0.187. The van der Waals surface area contributed by atoms with Crippen molar-refractivity contribution in [1.29, 1.82) is 0 Å². The van der Waals surface area contributed by atoms with E-state index in [4.69, 9.17) is 4.74 Å². The fraction of sp³-hybridized carbons (Fsp3) is 0.588. The van der Waals surface area contributed by atoms with E-state index in [1.807, 2.05) is 32.0 Å². The number of aryl methyl sites for hydroxylation is 2. The lowest BCUT2D eigenvalue weighted by Gasteiger charge is -2.28. The molecule has 0 aliphatic carbocycles. The van der Waals surface area contributed by atoms with Gasteiger partial charge in [0.2, 0.25) is 15.9 Å². The van der Waals surface area contributed by atoms with Crippen molar-refractivity contribution < 1.29 is 17.9 Å². The maximum absolute atomic E-state index is 12.7. The molecular formula is C17H25N3O4S. The molecule has 0 radical (unpaired) electrons. The number of hydrogen-bond donors (Lipinski definition) is 2. The number of nitrogens with zero attached hydrogens (tertiary/aromatic N) is 1. The minimum Gasteiger partial charge on any atom is -0.379 e. The Labute approximate surface area is 148 Å². The summed E-state index contributed by atoms with van der Waals surface area (Å²) in [7, 11) is -3.41. The van der Waals surface area contributed by atoms with Gasteiger partial charge in [-0.25, -0.2) is 8.42 Å². The first-order valence-electron chi connectivity index (χ1n) is 8.56. The van der Waals surface area contributed by atoms with Gasteiger partial charge in [-0.1, -0.05) is 12.1 Å². The van der Waals surface area contributed by atoms with E-state index in [1.54, 1.807) is 0 Å². The largest absolute Gasteiger partial charge is 0.379 e. The highest BCUT2D eigenvalue weighted by molar-refractivity contribution is 7.89. The molecule has 2 saturated heterocycles. The molecule has 138 valence electrons. The van der Waals surface area contributed by atoms with Gasteiger partial charge >= 0.3 is 0 Å². The van der Waals surface area contributed by atoms with Crippen molar-refractivity contribution in [2.24, 2.45) is 0 Å². The number of benzene rings is 1. The van der Waals surface area contributed by atoms with Crippen LogP contribution in [0.4, 0.5) is 5.69 Å². The van der Waals surface area contributed by atoms with Crippen LogP contribution in [0.5, 0.6) is 0 Å². The third-order valence-electron chi connectivity index (χ3n) is 4.81. The topological polar surface area (TPSA) is 87.7 Å². The standard InChI is InChI=1S/C17H25N3O4S/c1-12-3-4-13(2)15(9-12)19-17(21)16-10-14(11-18-16)25(22,23)20-5-7-24-8-6-20/h3-4,9,14,16,18H,5-8,10-11H2,1-2H3,(H,19,21). The van der Waals surface area contributed by atoms with Gasteiger partial charge in [0, 0.05) is 25.3 Å². The summed E-state index contributed by atoms with van der Waals surface area (Å²) in [6.45, 7) is 5.82. The second-order valence-corrected chi connectivity index (χ2v) is 8.90. The van der Waals surface area contributed by atoms with E-state index < -0.39 is 21.3 Å². The van der Waals surface area contributed by atoms with Crippen LogP contribution in [0.3, 0.4) is 0 Å². The van der Waals surface area contributed by atoms with Gasteiger partial charge in [-0.15, -0.1) is 0 Å². The third-order valence-corrected chi connectivity index (χ3v) is 7.10. The van der Waals surface area contributed by atoms with Crippen molar-refractivity contribution in [1.82, 2.24) is 9.62 Å². The van der Waals surface area contributed by atoms with Crippen LogP contribution in [0, 0.1) is 13.8 Å². The number of morpholine rings is 1. The molecule has 0 aromatic heterocycles. The Kier molecular flexibility index (Phi) is 5.43. The van der Waals surface area contributed by atoms with Gasteiger partial charge in [0.15, 0.2) is 0 Å². The van der Waals surface area contributed by atoms with E-state index in [1.165, 1.54) is 4.31 Å². The van der Waals surface area contributed by atoms with Gasteiger partial charge in [0.25, 0.3) is 0 Å². The van der Waals surface area contributed by atoms with Crippen LogP contribution in [0.15, 0.2) is 18.2 Å². The first-order chi connectivity index (χ1) is 11.9. The lowest BCUT2D eigenvalue weighted by molar-refractivity contribution is -0.117. The Morgan fingerprint density at radius 1 is 1.28 bits per heavy atom. The quantitative estimate of drug-likeness (QED) is 0.815. The van der Waals surface area contributed by atoms with E-state index in [0.717, 1.165) is 16.8 Å². The number of ether oxygens (including phenoxy) is 1. The van der Waals surface area contributed by atoms with Crippen molar-refractivity contribution in [3.8, 4) is 0 Å². The van der Waals surface area contributed by atoms with E-state index in [9.17, 15) is 13.2 Å². The Bertz CT molecular complexity index is 744. The number of carbonyl (C=O) groups is 1. The Hall–Kier alpha value is -1.48. The lowest BCUT2D eigenvalue weighted by atomic mass is 10.1. The number of nitrogens with one attached hydrogen (secondary N) is 2. The second kappa shape index (κ2) is 7.41. The smallest absolute Gasteiger partial charge is 0.241 e. The molecule has 8 heteroatoms. The van der Waals surface area contributed by atoms with Crippen molar-refractivity contribution in [3.05, 3.63) is 29.3 Å². The molecule has 1 aromatic carbocycles. The summed E-state index contributed by atoms with van der Waals surface area (Å²) < 4.78 is 32.1. The molecule has 2 aliphatic rings. The number of hydrogen-bond acceptors (Lipinski definition) is 5. The first-order valence-corrected chi connectivity index (χ1v) is 10.1. The highest BCUT2D eigenvalue weighted by Crippen LogP contribution is 2.22. The van der Waals surface area contributed by atoms with Crippen molar-refractivity contribution >= 4 is 21.6 Å². The van der Waals surface area contributed by atoms with Crippen molar-refractivity contribution in [2.75, 3.05) is 38.2 Å². The van der Waals surface area contributed by atoms with Gasteiger partial charge in [-0.2, -0.15) is 4.31 Å². The summed E-state index contributed by atoms with van der Waals surface area (Å²) in [6, 6.07) is 5.37. The maximum Gasteiger partial charge on any atom is 0.241 e. The molecule has 2 atom stereocenters. The molecule has 25 heavy (non-hydrogen) atoms. The monoisotopic (exact) mass is 367 g/mol. The van der Waals surface area contributed by atoms with Gasteiger partial charge in [0.1, 0.15) is 0 Å². The average molecular weight is 367 g/mol. The number of anilines is 1. The zero-order chi connectivity index (χ0) is 18.0. The first kappa shape index (κ1) is 18.3. The molecule has 2 fully saturated rings. The average Bonchev–Trinajstić information content (AvgIpc) is 3.10. The fourth-order valence-corrected chi connectivity index (χ4v) is 5.05. The van der Waals surface area contributed by atoms with E-state index in [2.05, 4.69) is 10.6 Å². The Balaban J connectivity index is 1.64. The van der Waals surface area contributed by atoms with Crippen LogP contribution < -0.4 is 10.6 Å². The predicted molar refractivity (Wildman–Crippen MR) is 96.1 cm³/mol. The summed E-state index contributed by atoms with van der Waals surface area (Å²) in [6.07, 6.45) is 0.288. The van der Waals surface area contributed by atoms with E-state index in [0.29, 0.717) is 32.8 Å². The minimum atomic E-state index is -3.41. The zero-order valence-corrected chi connectivity index (χ0v) is 15.4. The van der Waals surface area contributed by atoms with Gasteiger partial charge in [-0.3, -0.25) is 4.79 Å². The predicted octanol–water partition coefficient (Wildman–Crippen LogP) is 0.634. The van der Waals surface area contributed by atoms with Crippen LogP contribution in [-0.2, 0) is 19.6 Å². The highest BCUT2D eigenvalue weighted by Gasteiger charge is 2.40. The number of carbonyl (C=O) groups excluding carboxylic acids is 1. The third kappa shape index (κ3) is 4.03. The van der Waals surface area contributed by atoms with Crippen LogP contribution in [0.1, 0.15) is 17.5 Å². The number of sulfonamides is 1. The molecule has 0 saturated carbocycles. The van der Waals surface area contributed by atoms with Gasteiger partial charge in [-0.05, 0) is 37.5 Å². The zero-order valence-electron chi connectivity index (χ0n) is 14.6. The molecule has 0 spiro atoms. The summed E-state index contributed by atoms with van der Waals surface area (Å²) in [5.41, 5.74) is 2.81. The minimum absolute atomic E-state index is 0.187. The van der Waals surface area contributed by atoms with Gasteiger partial charge in [0.05, 0.1) is 24.5 Å². The molecule has 1 amide bonds. The maximum atomic E-state index is 12.7. The normalized spacial score (nSPS) is 25.0. The van der Waals surface area contributed by atoms with Crippen LogP contribution >= 0.6 is 0 Å². The number of amides is 1. The van der Waals surface area contributed by atoms with Crippen molar-refractivity contribution in [3.63, 3.8) is 0 Å². The van der Waals surface area contributed by atoms with Crippen LogP contribution in [0.2, 0.25) is 0 Å². The highest BCUT2D eigenvalue weighted by atomic mass is 32.2. The molecular weight excluding hydrogens is 342 g/mol. The molecule has 1 aromatic rings. The SMILES string of the molecule is Cc1ccc(C)c(NC(=O)C2CC(S(=O)(=O)N3CCOCC3)CN2)c1. The van der Waals surface area contributed by atoms with E-state index >= 15 is 0 Å². The van der Waals surface area contributed by atoms with Gasteiger partial charge < -0.3 is 15.4 Å². The summed E-state index contributed by atoms with van der Waals surface area (Å²) in [5, 5.41) is 5.40. The summed E-state index contributed by atoms with van der Waals surface area (Å²) in [4.78, 5) is 12.5.